The molecule has 0 saturated heterocycles. The zero-order chi connectivity index (χ0) is 14.2. The summed E-state index contributed by atoms with van der Waals surface area (Å²) in [5.74, 6) is -0.519. The SMILES string of the molecule is O=S(=O)(NC1CCC1)c1cc(F)ccc1CNC1CC1. The lowest BCUT2D eigenvalue weighted by Gasteiger charge is -2.26. The molecule has 2 N–H and O–H groups in total. The summed E-state index contributed by atoms with van der Waals surface area (Å²) in [7, 11) is -3.63. The number of sulfonamides is 1. The fraction of sp³-hybridized carbons (Fsp3) is 0.571. The Kier molecular flexibility index (Phi) is 3.79. The summed E-state index contributed by atoms with van der Waals surface area (Å²) in [4.78, 5) is 0.0672. The topological polar surface area (TPSA) is 58.2 Å². The maximum Gasteiger partial charge on any atom is 0.241 e. The van der Waals surface area contributed by atoms with Gasteiger partial charge in [-0.2, -0.15) is 0 Å². The molecule has 1 aromatic rings. The van der Waals surface area contributed by atoms with Crippen LogP contribution >= 0.6 is 0 Å². The van der Waals surface area contributed by atoms with Gasteiger partial charge >= 0.3 is 0 Å². The molecule has 2 aliphatic carbocycles. The van der Waals surface area contributed by atoms with Gasteiger partial charge in [-0.15, -0.1) is 0 Å². The third-order valence-corrected chi connectivity index (χ3v) is 5.51. The first-order valence-corrected chi connectivity index (χ1v) is 8.57. The molecule has 0 heterocycles. The number of hydrogen-bond donors (Lipinski definition) is 2. The van der Waals surface area contributed by atoms with E-state index in [4.69, 9.17) is 0 Å². The predicted molar refractivity (Wildman–Crippen MR) is 74.2 cm³/mol. The van der Waals surface area contributed by atoms with Crippen molar-refractivity contribution in [3.8, 4) is 0 Å². The summed E-state index contributed by atoms with van der Waals surface area (Å²) < 4.78 is 40.8. The fourth-order valence-electron chi connectivity index (χ4n) is 2.28. The number of benzene rings is 1. The monoisotopic (exact) mass is 298 g/mol. The lowest BCUT2D eigenvalue weighted by molar-refractivity contribution is 0.383. The summed E-state index contributed by atoms with van der Waals surface area (Å²) in [6.45, 7) is 0.464. The van der Waals surface area contributed by atoms with Crippen molar-refractivity contribution in [3.05, 3.63) is 29.6 Å². The molecule has 110 valence electrons. The molecule has 3 rings (SSSR count). The molecule has 0 aromatic heterocycles. The second-order valence-electron chi connectivity index (χ2n) is 5.66. The number of halogens is 1. The summed E-state index contributed by atoms with van der Waals surface area (Å²) >= 11 is 0. The quantitative estimate of drug-likeness (QED) is 0.843. The smallest absolute Gasteiger partial charge is 0.241 e. The first-order chi connectivity index (χ1) is 9.54. The van der Waals surface area contributed by atoms with Crippen molar-refractivity contribution in [2.45, 2.75) is 55.6 Å². The maximum absolute atomic E-state index is 13.4. The van der Waals surface area contributed by atoms with Gasteiger partial charge in [-0.3, -0.25) is 0 Å². The lowest BCUT2D eigenvalue weighted by Crippen LogP contribution is -2.39. The van der Waals surface area contributed by atoms with Gasteiger partial charge in [0.25, 0.3) is 0 Å². The van der Waals surface area contributed by atoms with Gasteiger partial charge in [0.05, 0.1) is 4.90 Å². The second kappa shape index (κ2) is 5.42. The minimum atomic E-state index is -3.63. The van der Waals surface area contributed by atoms with Crippen molar-refractivity contribution in [1.82, 2.24) is 10.0 Å². The molecule has 2 fully saturated rings. The van der Waals surface area contributed by atoms with E-state index in [1.165, 1.54) is 6.07 Å². The summed E-state index contributed by atoms with van der Waals surface area (Å²) in [5, 5.41) is 3.27. The van der Waals surface area contributed by atoms with Crippen LogP contribution in [0.1, 0.15) is 37.7 Å². The average Bonchev–Trinajstić information content (AvgIpc) is 3.16. The zero-order valence-electron chi connectivity index (χ0n) is 11.2. The van der Waals surface area contributed by atoms with E-state index in [1.54, 1.807) is 6.07 Å². The van der Waals surface area contributed by atoms with Gasteiger partial charge in [-0.1, -0.05) is 12.5 Å². The highest BCUT2D eigenvalue weighted by molar-refractivity contribution is 7.89. The normalized spacial score (nSPS) is 19.9. The van der Waals surface area contributed by atoms with Crippen LogP contribution in [0.15, 0.2) is 23.1 Å². The molecule has 0 atom stereocenters. The average molecular weight is 298 g/mol. The van der Waals surface area contributed by atoms with Crippen molar-refractivity contribution in [2.75, 3.05) is 0 Å². The molecule has 0 radical (unpaired) electrons. The van der Waals surface area contributed by atoms with Crippen molar-refractivity contribution < 1.29 is 12.8 Å². The molecule has 1 aromatic carbocycles. The van der Waals surface area contributed by atoms with E-state index in [9.17, 15) is 12.8 Å². The first kappa shape index (κ1) is 14.0. The minimum absolute atomic E-state index is 0.00695. The Morgan fingerprint density at radius 1 is 1.15 bits per heavy atom. The van der Waals surface area contributed by atoms with Gasteiger partial charge in [0.15, 0.2) is 0 Å². The Morgan fingerprint density at radius 2 is 1.90 bits per heavy atom. The number of hydrogen-bond acceptors (Lipinski definition) is 3. The fourth-order valence-corrected chi connectivity index (χ4v) is 3.83. The Bertz CT molecular complexity index is 595. The highest BCUT2D eigenvalue weighted by Gasteiger charge is 2.27. The van der Waals surface area contributed by atoms with Gasteiger partial charge in [-0.25, -0.2) is 17.5 Å². The van der Waals surface area contributed by atoms with Crippen LogP contribution in [0, 0.1) is 5.82 Å². The van der Waals surface area contributed by atoms with Crippen LogP contribution in [0.25, 0.3) is 0 Å². The van der Waals surface area contributed by atoms with E-state index in [-0.39, 0.29) is 10.9 Å². The van der Waals surface area contributed by atoms with Crippen molar-refractivity contribution in [1.29, 1.82) is 0 Å². The van der Waals surface area contributed by atoms with Gasteiger partial charge in [0.2, 0.25) is 10.0 Å². The standard InChI is InChI=1S/C14H19FN2O2S/c15-11-5-4-10(9-16-12-6-7-12)14(8-11)20(18,19)17-13-2-1-3-13/h4-5,8,12-13,16-17H,1-3,6-7,9H2. The van der Waals surface area contributed by atoms with Crippen molar-refractivity contribution in [3.63, 3.8) is 0 Å². The predicted octanol–water partition coefficient (Wildman–Crippen LogP) is 1.91. The van der Waals surface area contributed by atoms with E-state index in [0.717, 1.165) is 38.2 Å². The van der Waals surface area contributed by atoms with Gasteiger partial charge in [0, 0.05) is 18.6 Å². The Balaban J connectivity index is 1.82. The molecule has 20 heavy (non-hydrogen) atoms. The lowest BCUT2D eigenvalue weighted by atomic mass is 9.94. The van der Waals surface area contributed by atoms with E-state index < -0.39 is 15.8 Å². The van der Waals surface area contributed by atoms with Gasteiger partial charge in [0.1, 0.15) is 5.82 Å². The van der Waals surface area contributed by atoms with Crippen LogP contribution in [0.5, 0.6) is 0 Å². The van der Waals surface area contributed by atoms with Crippen molar-refractivity contribution >= 4 is 10.0 Å². The molecule has 2 saturated carbocycles. The summed E-state index contributed by atoms with van der Waals surface area (Å²) in [6, 6.07) is 4.47. The summed E-state index contributed by atoms with van der Waals surface area (Å²) in [5.41, 5.74) is 0.630. The molecule has 6 heteroatoms. The van der Waals surface area contributed by atoms with E-state index >= 15 is 0 Å². The highest BCUT2D eigenvalue weighted by Crippen LogP contribution is 2.24. The molecular formula is C14H19FN2O2S. The Hall–Kier alpha value is -0.980. The van der Waals surface area contributed by atoms with E-state index in [0.29, 0.717) is 18.2 Å². The molecule has 4 nitrogen and oxygen atoms in total. The Morgan fingerprint density at radius 3 is 2.50 bits per heavy atom. The van der Waals surface area contributed by atoms with E-state index in [2.05, 4.69) is 10.0 Å². The van der Waals surface area contributed by atoms with Gasteiger partial charge < -0.3 is 5.32 Å². The molecule has 0 aliphatic heterocycles. The maximum atomic E-state index is 13.4. The molecule has 0 bridgehead atoms. The molecular weight excluding hydrogens is 279 g/mol. The van der Waals surface area contributed by atoms with Crippen LogP contribution in [0.4, 0.5) is 4.39 Å². The second-order valence-corrected chi connectivity index (χ2v) is 7.34. The minimum Gasteiger partial charge on any atom is -0.310 e. The summed E-state index contributed by atoms with van der Waals surface area (Å²) in [6.07, 6.45) is 5.04. The molecule has 0 unspecified atom stereocenters. The highest BCUT2D eigenvalue weighted by atomic mass is 32.2. The number of nitrogens with one attached hydrogen (secondary N) is 2. The van der Waals surface area contributed by atoms with Gasteiger partial charge in [-0.05, 0) is 43.4 Å². The van der Waals surface area contributed by atoms with Crippen LogP contribution < -0.4 is 10.0 Å². The first-order valence-electron chi connectivity index (χ1n) is 7.09. The largest absolute Gasteiger partial charge is 0.310 e. The van der Waals surface area contributed by atoms with Crippen LogP contribution in [-0.2, 0) is 16.6 Å². The zero-order valence-corrected chi connectivity index (χ0v) is 12.0. The van der Waals surface area contributed by atoms with Crippen LogP contribution in [-0.4, -0.2) is 20.5 Å². The van der Waals surface area contributed by atoms with E-state index in [1.807, 2.05) is 0 Å². The molecule has 0 amide bonds. The Labute approximate surface area is 118 Å². The van der Waals surface area contributed by atoms with Crippen molar-refractivity contribution in [2.24, 2.45) is 0 Å². The third kappa shape index (κ3) is 3.19. The van der Waals surface area contributed by atoms with Crippen LogP contribution in [0.3, 0.4) is 0 Å². The number of rotatable bonds is 6. The van der Waals surface area contributed by atoms with Crippen LogP contribution in [0.2, 0.25) is 0 Å². The molecule has 2 aliphatic rings. The third-order valence-electron chi connectivity index (χ3n) is 3.90. The molecule has 0 spiro atoms.